The van der Waals surface area contributed by atoms with Gasteiger partial charge in [-0.15, -0.1) is 0 Å². The molecule has 0 spiro atoms. The number of hydrogen-bond donors (Lipinski definition) is 1. The number of methoxy groups -OCH3 is 1. The third-order valence-electron chi connectivity index (χ3n) is 2.88. The van der Waals surface area contributed by atoms with Crippen molar-refractivity contribution in [2.45, 2.75) is 58.7 Å². The molecule has 0 aromatic rings. The molecule has 0 aromatic carbocycles. The molecule has 0 aliphatic carbocycles. The van der Waals surface area contributed by atoms with Gasteiger partial charge < -0.3 is 14.6 Å². The third-order valence-corrected chi connectivity index (χ3v) is 2.88. The van der Waals surface area contributed by atoms with E-state index in [1.165, 1.54) is 0 Å². The van der Waals surface area contributed by atoms with Gasteiger partial charge in [0, 0.05) is 20.1 Å². The SMILES string of the molecule is COC(C)(C)CC(C)(OCCC(C)C)C(=O)O. The molecule has 0 saturated carbocycles. The zero-order chi connectivity index (χ0) is 13.7. The van der Waals surface area contributed by atoms with Crippen LogP contribution in [0.15, 0.2) is 0 Å². The van der Waals surface area contributed by atoms with Crippen molar-refractivity contribution in [2.75, 3.05) is 13.7 Å². The zero-order valence-corrected chi connectivity index (χ0v) is 11.9. The van der Waals surface area contributed by atoms with Crippen LogP contribution >= 0.6 is 0 Å². The monoisotopic (exact) mass is 246 g/mol. The highest BCUT2D eigenvalue weighted by atomic mass is 16.5. The van der Waals surface area contributed by atoms with Crippen LogP contribution in [0.2, 0.25) is 0 Å². The normalized spacial score (nSPS) is 15.9. The number of carboxylic acid groups (broad SMARTS) is 1. The van der Waals surface area contributed by atoms with E-state index in [0.29, 0.717) is 18.9 Å². The Morgan fingerprint density at radius 1 is 1.29 bits per heavy atom. The minimum atomic E-state index is -1.19. The maximum atomic E-state index is 11.3. The second-order valence-electron chi connectivity index (χ2n) is 5.71. The Morgan fingerprint density at radius 2 is 1.82 bits per heavy atom. The van der Waals surface area contributed by atoms with Crippen LogP contribution in [0.4, 0.5) is 0 Å². The topological polar surface area (TPSA) is 55.8 Å². The molecule has 0 bridgehead atoms. The first kappa shape index (κ1) is 16.4. The van der Waals surface area contributed by atoms with Crippen LogP contribution in [-0.2, 0) is 14.3 Å². The summed E-state index contributed by atoms with van der Waals surface area (Å²) < 4.78 is 10.8. The van der Waals surface area contributed by atoms with Crippen LogP contribution in [0.3, 0.4) is 0 Å². The van der Waals surface area contributed by atoms with Gasteiger partial charge in [0.15, 0.2) is 5.60 Å². The highest BCUT2D eigenvalue weighted by Gasteiger charge is 2.40. The predicted octanol–water partition coefficient (Wildman–Crippen LogP) is 2.71. The van der Waals surface area contributed by atoms with Crippen molar-refractivity contribution >= 4 is 5.97 Å². The molecule has 0 saturated heterocycles. The number of rotatable bonds is 8. The second kappa shape index (κ2) is 6.36. The van der Waals surface area contributed by atoms with Crippen molar-refractivity contribution in [2.24, 2.45) is 5.92 Å². The summed E-state index contributed by atoms with van der Waals surface area (Å²) in [5, 5.41) is 9.28. The molecule has 1 N–H and O–H groups in total. The molecule has 17 heavy (non-hydrogen) atoms. The number of carboxylic acids is 1. The zero-order valence-electron chi connectivity index (χ0n) is 11.9. The van der Waals surface area contributed by atoms with Gasteiger partial charge in [-0.1, -0.05) is 13.8 Å². The fraction of sp³-hybridized carbons (Fsp3) is 0.923. The van der Waals surface area contributed by atoms with E-state index in [2.05, 4.69) is 13.8 Å². The molecule has 102 valence electrons. The van der Waals surface area contributed by atoms with E-state index in [-0.39, 0.29) is 0 Å². The van der Waals surface area contributed by atoms with Crippen LogP contribution in [0.25, 0.3) is 0 Å². The molecule has 1 unspecified atom stereocenters. The largest absolute Gasteiger partial charge is 0.479 e. The van der Waals surface area contributed by atoms with E-state index in [4.69, 9.17) is 9.47 Å². The lowest BCUT2D eigenvalue weighted by atomic mass is 9.90. The summed E-state index contributed by atoms with van der Waals surface area (Å²) in [6, 6.07) is 0. The summed E-state index contributed by atoms with van der Waals surface area (Å²) in [5.41, 5.74) is -1.70. The van der Waals surface area contributed by atoms with E-state index >= 15 is 0 Å². The van der Waals surface area contributed by atoms with Gasteiger partial charge in [0.2, 0.25) is 0 Å². The molecule has 1 atom stereocenters. The van der Waals surface area contributed by atoms with Crippen molar-refractivity contribution in [3.63, 3.8) is 0 Å². The summed E-state index contributed by atoms with van der Waals surface area (Å²) >= 11 is 0. The maximum Gasteiger partial charge on any atom is 0.335 e. The Kier molecular flexibility index (Phi) is 6.13. The van der Waals surface area contributed by atoms with Crippen LogP contribution in [-0.4, -0.2) is 36.0 Å². The van der Waals surface area contributed by atoms with Crippen molar-refractivity contribution in [3.05, 3.63) is 0 Å². The molecule has 0 aliphatic rings. The highest BCUT2D eigenvalue weighted by Crippen LogP contribution is 2.27. The molecule has 0 aliphatic heterocycles. The molecule has 4 nitrogen and oxygen atoms in total. The van der Waals surface area contributed by atoms with Crippen LogP contribution in [0.5, 0.6) is 0 Å². The standard InChI is InChI=1S/C13H26O4/c1-10(2)7-8-17-13(5,11(14)15)9-12(3,4)16-6/h10H,7-9H2,1-6H3,(H,14,15). The third kappa shape index (κ3) is 6.03. The van der Waals surface area contributed by atoms with Crippen molar-refractivity contribution < 1.29 is 19.4 Å². The minimum Gasteiger partial charge on any atom is -0.479 e. The quantitative estimate of drug-likeness (QED) is 0.715. The summed E-state index contributed by atoms with van der Waals surface area (Å²) in [5.74, 6) is -0.435. The summed E-state index contributed by atoms with van der Waals surface area (Å²) in [6.07, 6.45) is 1.18. The number of aliphatic carboxylic acids is 1. The van der Waals surface area contributed by atoms with Gasteiger partial charge >= 0.3 is 5.97 Å². The van der Waals surface area contributed by atoms with Gasteiger partial charge in [-0.3, -0.25) is 0 Å². The molecular weight excluding hydrogens is 220 g/mol. The smallest absolute Gasteiger partial charge is 0.335 e. The number of carbonyl (C=O) groups is 1. The lowest BCUT2D eigenvalue weighted by Gasteiger charge is -2.33. The predicted molar refractivity (Wildman–Crippen MR) is 67.2 cm³/mol. The van der Waals surface area contributed by atoms with E-state index in [0.717, 1.165) is 6.42 Å². The van der Waals surface area contributed by atoms with Crippen molar-refractivity contribution in [1.82, 2.24) is 0 Å². The Balaban J connectivity index is 4.52. The average molecular weight is 246 g/mol. The lowest BCUT2D eigenvalue weighted by Crippen LogP contribution is -2.45. The number of ether oxygens (including phenoxy) is 2. The van der Waals surface area contributed by atoms with Gasteiger partial charge in [-0.2, -0.15) is 0 Å². The Labute approximate surface area is 104 Å². The number of hydrogen-bond acceptors (Lipinski definition) is 3. The first-order valence-corrected chi connectivity index (χ1v) is 6.05. The van der Waals surface area contributed by atoms with Gasteiger partial charge in [0.25, 0.3) is 0 Å². The maximum absolute atomic E-state index is 11.3. The average Bonchev–Trinajstić information content (AvgIpc) is 2.16. The van der Waals surface area contributed by atoms with Crippen molar-refractivity contribution in [1.29, 1.82) is 0 Å². The van der Waals surface area contributed by atoms with E-state index in [1.54, 1.807) is 14.0 Å². The molecule has 0 fully saturated rings. The molecule has 0 rings (SSSR count). The molecule has 4 heteroatoms. The van der Waals surface area contributed by atoms with Crippen LogP contribution in [0, 0.1) is 5.92 Å². The van der Waals surface area contributed by atoms with Crippen LogP contribution in [0.1, 0.15) is 47.5 Å². The minimum absolute atomic E-state index is 0.323. The first-order valence-electron chi connectivity index (χ1n) is 6.05. The highest BCUT2D eigenvalue weighted by molar-refractivity contribution is 5.77. The summed E-state index contributed by atoms with van der Waals surface area (Å²) in [6.45, 7) is 9.96. The summed E-state index contributed by atoms with van der Waals surface area (Å²) in [7, 11) is 1.58. The van der Waals surface area contributed by atoms with Gasteiger partial charge in [0.05, 0.1) is 5.60 Å². The molecule has 0 heterocycles. The second-order valence-corrected chi connectivity index (χ2v) is 5.71. The Hall–Kier alpha value is -0.610. The van der Waals surface area contributed by atoms with Crippen molar-refractivity contribution in [3.8, 4) is 0 Å². The lowest BCUT2D eigenvalue weighted by molar-refractivity contribution is -0.173. The fourth-order valence-electron chi connectivity index (χ4n) is 1.59. The Morgan fingerprint density at radius 3 is 2.18 bits per heavy atom. The van der Waals surface area contributed by atoms with Gasteiger partial charge in [0.1, 0.15) is 0 Å². The summed E-state index contributed by atoms with van der Waals surface area (Å²) in [4.78, 5) is 11.3. The van der Waals surface area contributed by atoms with Gasteiger partial charge in [-0.05, 0) is 33.1 Å². The first-order chi connectivity index (χ1) is 7.63. The van der Waals surface area contributed by atoms with E-state index < -0.39 is 17.2 Å². The van der Waals surface area contributed by atoms with E-state index in [1.807, 2.05) is 13.8 Å². The molecular formula is C13H26O4. The fourth-order valence-corrected chi connectivity index (χ4v) is 1.59. The van der Waals surface area contributed by atoms with Gasteiger partial charge in [-0.25, -0.2) is 4.79 Å². The molecule has 0 radical (unpaired) electrons. The Bertz CT molecular complexity index is 248. The van der Waals surface area contributed by atoms with E-state index in [9.17, 15) is 9.90 Å². The molecule has 0 aromatic heterocycles. The molecule has 0 amide bonds. The van der Waals surface area contributed by atoms with Crippen LogP contribution < -0.4 is 0 Å².